The number of anilines is 6. The number of benzene rings is 9. The van der Waals surface area contributed by atoms with Gasteiger partial charge < -0.3 is 18.6 Å². The molecule has 0 spiro atoms. The number of fused-ring (bicyclic) bond motifs is 8. The molecule has 0 saturated heterocycles. The van der Waals surface area contributed by atoms with Crippen molar-refractivity contribution in [1.82, 2.24) is 0 Å². The molecule has 0 N–H and O–H groups in total. The van der Waals surface area contributed by atoms with Crippen LogP contribution >= 0.6 is 0 Å². The average Bonchev–Trinajstić information content (AvgIpc) is 3.79. The van der Waals surface area contributed by atoms with Crippen molar-refractivity contribution in [2.24, 2.45) is 0 Å². The van der Waals surface area contributed by atoms with Gasteiger partial charge in [0.05, 0.1) is 0 Å². The molecule has 0 bridgehead atoms. The quantitative estimate of drug-likeness (QED) is 0.171. The minimum atomic E-state index is 0.401. The van der Waals surface area contributed by atoms with Gasteiger partial charge in [-0.15, -0.1) is 0 Å². The van der Waals surface area contributed by atoms with Gasteiger partial charge >= 0.3 is 0 Å². The van der Waals surface area contributed by atoms with Gasteiger partial charge in [-0.1, -0.05) is 84.9 Å². The molecular weight excluding hydrogens is 687 g/mol. The van der Waals surface area contributed by atoms with Gasteiger partial charge in [0.2, 0.25) is 0 Å². The molecule has 0 saturated carbocycles. The number of rotatable bonds is 6. The second kappa shape index (κ2) is 12.7. The molecule has 9 aromatic carbocycles. The predicted molar refractivity (Wildman–Crippen MR) is 230 cm³/mol. The molecule has 0 amide bonds. The summed E-state index contributed by atoms with van der Waals surface area (Å²) in [5, 5.41) is 18.6. The molecule has 0 atom stereocenters. The minimum absolute atomic E-state index is 0.401. The molecule has 0 fully saturated rings. The summed E-state index contributed by atoms with van der Waals surface area (Å²) < 4.78 is 13.1. The Morgan fingerprint density at radius 3 is 1.07 bits per heavy atom. The predicted octanol–water partition coefficient (Wildman–Crippen LogP) is 14.6. The van der Waals surface area contributed by atoms with Crippen molar-refractivity contribution in [3.05, 3.63) is 194 Å². The number of para-hydroxylation sites is 4. The maximum atomic E-state index is 10.6. The Hall–Kier alpha value is -7.81. The zero-order chi connectivity index (χ0) is 37.2. The van der Waals surface area contributed by atoms with Gasteiger partial charge in [0, 0.05) is 55.7 Å². The van der Waals surface area contributed by atoms with Crippen molar-refractivity contribution in [2.75, 3.05) is 9.80 Å². The Morgan fingerprint density at radius 1 is 0.339 bits per heavy atom. The molecule has 0 aliphatic carbocycles. The molecule has 11 aromatic rings. The van der Waals surface area contributed by atoms with Gasteiger partial charge in [-0.3, -0.25) is 0 Å². The van der Waals surface area contributed by atoms with E-state index in [-0.39, 0.29) is 0 Å². The van der Waals surface area contributed by atoms with Crippen molar-refractivity contribution in [2.45, 2.75) is 0 Å². The van der Waals surface area contributed by atoms with E-state index in [0.717, 1.165) is 88.4 Å². The van der Waals surface area contributed by atoms with E-state index in [2.05, 4.69) is 180 Å². The lowest BCUT2D eigenvalue weighted by Gasteiger charge is -2.25. The monoisotopic (exact) mass is 717 g/mol. The van der Waals surface area contributed by atoms with Crippen molar-refractivity contribution < 1.29 is 8.83 Å². The van der Waals surface area contributed by atoms with Crippen molar-refractivity contribution in [1.29, 1.82) is 5.26 Å². The van der Waals surface area contributed by atoms with E-state index < -0.39 is 0 Å². The molecule has 5 nitrogen and oxygen atoms in total. The SMILES string of the molecule is N#Cc1c2oc3cc4cc(N(c5ccccc5)c5ccccc5)ccc4cc3c2cc2c1oc1cc3cc(N(c4ccccc4)c4ccccc4)ccc3cc12. The van der Waals surface area contributed by atoms with Gasteiger partial charge in [-0.05, 0) is 125 Å². The third-order valence-electron chi connectivity index (χ3n) is 10.8. The van der Waals surface area contributed by atoms with Crippen molar-refractivity contribution >= 4 is 99.5 Å². The Balaban J connectivity index is 1.05. The maximum Gasteiger partial charge on any atom is 0.157 e. The first-order valence-corrected chi connectivity index (χ1v) is 18.6. The van der Waals surface area contributed by atoms with Crippen LogP contribution in [0, 0.1) is 11.3 Å². The summed E-state index contributed by atoms with van der Waals surface area (Å²) in [5.41, 5.74) is 9.30. The second-order valence-corrected chi connectivity index (χ2v) is 14.1. The third kappa shape index (κ3) is 5.09. The summed E-state index contributed by atoms with van der Waals surface area (Å²) >= 11 is 0. The molecule has 2 aromatic heterocycles. The van der Waals surface area contributed by atoms with Crippen LogP contribution in [0.5, 0.6) is 0 Å². The maximum absolute atomic E-state index is 10.6. The first kappa shape index (κ1) is 31.7. The molecule has 0 unspecified atom stereocenters. The lowest BCUT2D eigenvalue weighted by atomic mass is 10.0. The fourth-order valence-electron chi connectivity index (χ4n) is 8.18. The Bertz CT molecular complexity index is 3020. The Labute approximate surface area is 322 Å². The summed E-state index contributed by atoms with van der Waals surface area (Å²) in [5.74, 6) is 0. The summed E-state index contributed by atoms with van der Waals surface area (Å²) in [6.45, 7) is 0. The highest BCUT2D eigenvalue weighted by molar-refractivity contribution is 6.20. The van der Waals surface area contributed by atoms with E-state index in [0.29, 0.717) is 16.7 Å². The normalized spacial score (nSPS) is 11.6. The lowest BCUT2D eigenvalue weighted by molar-refractivity contribution is 0.654. The van der Waals surface area contributed by atoms with Crippen LogP contribution < -0.4 is 9.80 Å². The molecule has 0 aliphatic heterocycles. The number of nitriles is 1. The smallest absolute Gasteiger partial charge is 0.157 e. The average molecular weight is 718 g/mol. The number of hydrogen-bond donors (Lipinski definition) is 0. The van der Waals surface area contributed by atoms with Crippen LogP contribution in [-0.4, -0.2) is 0 Å². The zero-order valence-corrected chi connectivity index (χ0v) is 30.1. The highest BCUT2D eigenvalue weighted by Gasteiger charge is 2.22. The fourth-order valence-corrected chi connectivity index (χ4v) is 8.18. The van der Waals surface area contributed by atoms with Gasteiger partial charge in [-0.2, -0.15) is 5.26 Å². The summed E-state index contributed by atoms with van der Waals surface area (Å²) in [6, 6.07) is 67.7. The van der Waals surface area contributed by atoms with Crippen LogP contribution in [0.2, 0.25) is 0 Å². The highest BCUT2D eigenvalue weighted by Crippen LogP contribution is 2.44. The fraction of sp³-hybridized carbons (Fsp3) is 0. The highest BCUT2D eigenvalue weighted by atomic mass is 16.3. The molecule has 0 aliphatic rings. The molecule has 0 radical (unpaired) electrons. The molecule has 262 valence electrons. The van der Waals surface area contributed by atoms with Gasteiger partial charge in [0.1, 0.15) is 22.8 Å². The summed E-state index contributed by atoms with van der Waals surface area (Å²) in [6.07, 6.45) is 0. The van der Waals surface area contributed by atoms with Crippen LogP contribution in [0.3, 0.4) is 0 Å². The molecular formula is C51H31N3O2. The zero-order valence-electron chi connectivity index (χ0n) is 30.1. The van der Waals surface area contributed by atoms with E-state index >= 15 is 0 Å². The van der Waals surface area contributed by atoms with Crippen LogP contribution in [-0.2, 0) is 0 Å². The van der Waals surface area contributed by atoms with E-state index in [4.69, 9.17) is 8.83 Å². The van der Waals surface area contributed by atoms with Crippen LogP contribution in [0.1, 0.15) is 5.56 Å². The van der Waals surface area contributed by atoms with E-state index in [1.54, 1.807) is 0 Å². The number of nitrogens with zero attached hydrogens (tertiary/aromatic N) is 3. The van der Waals surface area contributed by atoms with E-state index in [1.165, 1.54) is 0 Å². The van der Waals surface area contributed by atoms with Crippen LogP contribution in [0.25, 0.3) is 65.4 Å². The Morgan fingerprint density at radius 2 is 0.714 bits per heavy atom. The van der Waals surface area contributed by atoms with E-state index in [9.17, 15) is 5.26 Å². The number of hydrogen-bond acceptors (Lipinski definition) is 5. The summed E-state index contributed by atoms with van der Waals surface area (Å²) in [4.78, 5) is 4.50. The number of furan rings is 2. The standard InChI is InChI=1S/C51H31N3O2/c52-32-47-50-45(43-27-33-21-23-41(25-35(33)29-48(43)55-50)53(37-13-5-1-6-14-37)38-15-7-2-8-16-38)31-46-44-28-34-22-24-42(26-36(34)30-49(44)56-51(46)47)54(39-17-9-3-10-18-39)40-19-11-4-12-20-40/h1-31H. The van der Waals surface area contributed by atoms with Crippen LogP contribution in [0.4, 0.5) is 34.1 Å². The Kier molecular flexibility index (Phi) is 7.16. The van der Waals surface area contributed by atoms with Crippen molar-refractivity contribution in [3.8, 4) is 6.07 Å². The second-order valence-electron chi connectivity index (χ2n) is 14.1. The first-order valence-electron chi connectivity index (χ1n) is 18.6. The third-order valence-corrected chi connectivity index (χ3v) is 10.8. The minimum Gasteiger partial charge on any atom is -0.454 e. The largest absolute Gasteiger partial charge is 0.454 e. The first-order chi connectivity index (χ1) is 27.7. The molecule has 56 heavy (non-hydrogen) atoms. The summed E-state index contributed by atoms with van der Waals surface area (Å²) in [7, 11) is 0. The van der Waals surface area contributed by atoms with Gasteiger partial charge in [0.25, 0.3) is 0 Å². The molecule has 11 rings (SSSR count). The molecule has 5 heteroatoms. The topological polar surface area (TPSA) is 56.6 Å². The molecule has 2 heterocycles. The van der Waals surface area contributed by atoms with E-state index in [1.807, 2.05) is 24.3 Å². The van der Waals surface area contributed by atoms with Gasteiger partial charge in [0.15, 0.2) is 11.2 Å². The van der Waals surface area contributed by atoms with Gasteiger partial charge in [-0.25, -0.2) is 0 Å². The van der Waals surface area contributed by atoms with Crippen LogP contribution in [0.15, 0.2) is 197 Å². The lowest BCUT2D eigenvalue weighted by Crippen LogP contribution is -2.09. The van der Waals surface area contributed by atoms with Crippen molar-refractivity contribution in [3.63, 3.8) is 0 Å².